The van der Waals surface area contributed by atoms with Gasteiger partial charge in [0.05, 0.1) is 10.5 Å². The van der Waals surface area contributed by atoms with E-state index in [0.29, 0.717) is 5.56 Å². The van der Waals surface area contributed by atoms with Crippen molar-refractivity contribution in [2.75, 3.05) is 0 Å². The Morgan fingerprint density at radius 2 is 2.20 bits per heavy atom. The first-order valence-electron chi connectivity index (χ1n) is 3.63. The number of hydrogen-bond donors (Lipinski definition) is 1. The molecule has 0 heterocycles. The quantitative estimate of drug-likeness (QED) is 0.322. The number of carboxylic acids is 1. The number of rotatable bonds is 3. The van der Waals surface area contributed by atoms with Crippen LogP contribution < -0.4 is 29.6 Å². The monoisotopic (exact) mass is 239 g/mol. The third kappa shape index (κ3) is 3.46. The normalized spacial score (nSPS) is 9.13. The maximum atomic E-state index is 10.7. The van der Waals surface area contributed by atoms with Crippen molar-refractivity contribution >= 4 is 23.3 Å². The molecular weight excluding hydrogens is 233 g/mol. The second kappa shape index (κ2) is 6.07. The zero-order chi connectivity index (χ0) is 10.7. The van der Waals surface area contributed by atoms with Crippen molar-refractivity contribution in [1.82, 2.24) is 0 Å². The van der Waals surface area contributed by atoms with Crippen LogP contribution in [0.2, 0.25) is 0 Å². The molecule has 1 aromatic carbocycles. The van der Waals surface area contributed by atoms with Crippen LogP contribution in [0.3, 0.4) is 0 Å². The average molecular weight is 240 g/mol. The van der Waals surface area contributed by atoms with E-state index >= 15 is 0 Å². The number of halogens is 1. The summed E-state index contributed by atoms with van der Waals surface area (Å²) in [6.07, 6.45) is 0. The van der Waals surface area contributed by atoms with E-state index in [0.717, 1.165) is 6.07 Å². The second-order valence-corrected chi connectivity index (χ2v) is 2.80. The van der Waals surface area contributed by atoms with Crippen molar-refractivity contribution in [2.45, 2.75) is 5.88 Å². The fourth-order valence-electron chi connectivity index (χ4n) is 0.994. The summed E-state index contributed by atoms with van der Waals surface area (Å²) in [6, 6.07) is 3.57. The third-order valence-corrected chi connectivity index (χ3v) is 1.97. The molecular formula is C8H7ClNNaO4. The minimum absolute atomic E-state index is 0. The van der Waals surface area contributed by atoms with Gasteiger partial charge in [0, 0.05) is 18.0 Å². The number of carbonyl (C=O) groups is 1. The number of alkyl halides is 1. The van der Waals surface area contributed by atoms with Gasteiger partial charge in [0.25, 0.3) is 5.69 Å². The summed E-state index contributed by atoms with van der Waals surface area (Å²) < 4.78 is 0. The topological polar surface area (TPSA) is 80.4 Å². The predicted molar refractivity (Wildman–Crippen MR) is 50.7 cm³/mol. The van der Waals surface area contributed by atoms with Crippen LogP contribution in [0.25, 0.3) is 0 Å². The number of nitro groups is 1. The number of benzene rings is 1. The molecule has 0 atom stereocenters. The Morgan fingerprint density at radius 3 is 2.60 bits per heavy atom. The van der Waals surface area contributed by atoms with Crippen molar-refractivity contribution in [2.24, 2.45) is 0 Å². The van der Waals surface area contributed by atoms with Gasteiger partial charge in [0.15, 0.2) is 0 Å². The Kier molecular flexibility index (Phi) is 5.82. The molecule has 0 aliphatic carbocycles. The summed E-state index contributed by atoms with van der Waals surface area (Å²) in [6.45, 7) is 0. The zero-order valence-corrected chi connectivity index (χ0v) is 10.7. The van der Waals surface area contributed by atoms with Crippen LogP contribution in [-0.4, -0.2) is 16.0 Å². The number of non-ortho nitro benzene ring substituents is 1. The van der Waals surface area contributed by atoms with Gasteiger partial charge >= 0.3 is 35.5 Å². The summed E-state index contributed by atoms with van der Waals surface area (Å²) in [5, 5.41) is 19.1. The summed E-state index contributed by atoms with van der Waals surface area (Å²) in [4.78, 5) is 20.4. The molecule has 0 spiro atoms. The van der Waals surface area contributed by atoms with Gasteiger partial charge in [0.2, 0.25) is 0 Å². The Morgan fingerprint density at radius 1 is 1.60 bits per heavy atom. The molecule has 0 aromatic heterocycles. The molecule has 76 valence electrons. The van der Waals surface area contributed by atoms with E-state index < -0.39 is 10.9 Å². The fraction of sp³-hybridized carbons (Fsp3) is 0.125. The SMILES string of the molecule is O=C(O)c1cc([N+](=O)[O-])ccc1CCl.[H-].[Na+]. The van der Waals surface area contributed by atoms with Crippen molar-refractivity contribution < 1.29 is 45.8 Å². The average Bonchev–Trinajstić information content (AvgIpc) is 2.16. The Bertz CT molecular complexity index is 402. The van der Waals surface area contributed by atoms with Crippen LogP contribution in [-0.2, 0) is 5.88 Å². The van der Waals surface area contributed by atoms with Crippen LogP contribution >= 0.6 is 11.6 Å². The molecule has 1 aromatic rings. The fourth-order valence-corrected chi connectivity index (χ4v) is 1.23. The summed E-state index contributed by atoms with van der Waals surface area (Å²) in [5.74, 6) is -1.20. The van der Waals surface area contributed by atoms with Gasteiger partial charge in [-0.1, -0.05) is 6.07 Å². The van der Waals surface area contributed by atoms with E-state index in [1.165, 1.54) is 12.1 Å². The molecule has 0 saturated heterocycles. The van der Waals surface area contributed by atoms with E-state index in [1.807, 2.05) is 0 Å². The number of hydrogen-bond acceptors (Lipinski definition) is 3. The van der Waals surface area contributed by atoms with E-state index in [2.05, 4.69) is 0 Å². The van der Waals surface area contributed by atoms with Gasteiger partial charge in [-0.05, 0) is 5.56 Å². The van der Waals surface area contributed by atoms with Crippen molar-refractivity contribution in [3.63, 3.8) is 0 Å². The zero-order valence-electron chi connectivity index (χ0n) is 8.94. The minimum Gasteiger partial charge on any atom is -1.00 e. The van der Waals surface area contributed by atoms with Crippen LogP contribution in [0.15, 0.2) is 18.2 Å². The molecule has 5 nitrogen and oxygen atoms in total. The van der Waals surface area contributed by atoms with Crippen molar-refractivity contribution in [3.8, 4) is 0 Å². The summed E-state index contributed by atoms with van der Waals surface area (Å²) in [5.41, 5.74) is -0.0183. The molecule has 0 aliphatic heterocycles. The molecule has 1 N–H and O–H groups in total. The van der Waals surface area contributed by atoms with Gasteiger partial charge in [-0.15, -0.1) is 11.6 Å². The number of nitro benzene ring substituents is 1. The molecule has 15 heavy (non-hydrogen) atoms. The molecule has 0 bridgehead atoms. The molecule has 0 amide bonds. The number of carboxylic acid groups (broad SMARTS) is 1. The Labute approximate surface area is 114 Å². The van der Waals surface area contributed by atoms with E-state index in [4.69, 9.17) is 16.7 Å². The van der Waals surface area contributed by atoms with Crippen molar-refractivity contribution in [3.05, 3.63) is 39.4 Å². The smallest absolute Gasteiger partial charge is 1.00 e. The maximum absolute atomic E-state index is 10.7. The van der Waals surface area contributed by atoms with Crippen LogP contribution in [0, 0.1) is 10.1 Å². The third-order valence-electron chi connectivity index (χ3n) is 1.68. The van der Waals surface area contributed by atoms with Gasteiger partial charge in [-0.2, -0.15) is 0 Å². The molecule has 0 aliphatic rings. The molecule has 0 radical (unpaired) electrons. The molecule has 0 fully saturated rings. The summed E-state index contributed by atoms with van der Waals surface area (Å²) in [7, 11) is 0. The van der Waals surface area contributed by atoms with Gasteiger partial charge in [0.1, 0.15) is 0 Å². The summed E-state index contributed by atoms with van der Waals surface area (Å²) >= 11 is 5.47. The van der Waals surface area contributed by atoms with Gasteiger partial charge in [-0.3, -0.25) is 10.1 Å². The maximum Gasteiger partial charge on any atom is 1.00 e. The van der Waals surface area contributed by atoms with Gasteiger partial charge < -0.3 is 6.53 Å². The number of nitrogens with zero attached hydrogens (tertiary/aromatic N) is 1. The molecule has 1 rings (SSSR count). The Hall–Kier alpha value is -0.620. The predicted octanol–water partition coefficient (Wildman–Crippen LogP) is -0.852. The number of aromatic carboxylic acids is 1. The van der Waals surface area contributed by atoms with Crippen molar-refractivity contribution in [1.29, 1.82) is 0 Å². The van der Waals surface area contributed by atoms with E-state index in [9.17, 15) is 14.9 Å². The molecule has 7 heteroatoms. The Balaban J connectivity index is 0. The van der Waals surface area contributed by atoms with E-state index in [1.54, 1.807) is 0 Å². The van der Waals surface area contributed by atoms with Gasteiger partial charge in [-0.25, -0.2) is 4.79 Å². The van der Waals surface area contributed by atoms with Crippen LogP contribution in [0.4, 0.5) is 5.69 Å². The first-order valence-corrected chi connectivity index (χ1v) is 4.16. The first kappa shape index (κ1) is 14.4. The standard InChI is InChI=1S/C8H6ClNO4.Na.H/c9-4-5-1-2-6(10(13)14)3-7(5)8(11)12;;/h1-3H,4H2,(H,11,12);;/q;+1;-1. The first-order chi connectivity index (χ1) is 6.56. The second-order valence-electron chi connectivity index (χ2n) is 2.54. The van der Waals surface area contributed by atoms with Crippen LogP contribution in [0.1, 0.15) is 17.3 Å². The molecule has 0 unspecified atom stereocenters. The largest absolute Gasteiger partial charge is 1.00 e. The minimum atomic E-state index is -1.22. The van der Waals surface area contributed by atoms with Crippen LogP contribution in [0.5, 0.6) is 0 Å². The molecule has 0 saturated carbocycles. The van der Waals surface area contributed by atoms with E-state index in [-0.39, 0.29) is 48.1 Å².